The van der Waals surface area contributed by atoms with Crippen molar-refractivity contribution in [2.24, 2.45) is 5.92 Å². The Bertz CT molecular complexity index is 640. The van der Waals surface area contributed by atoms with Crippen molar-refractivity contribution >= 4 is 11.9 Å². The number of halogens is 1. The zero-order chi connectivity index (χ0) is 16.7. The van der Waals surface area contributed by atoms with Gasteiger partial charge in [0.25, 0.3) is 0 Å². The van der Waals surface area contributed by atoms with E-state index in [4.69, 9.17) is 0 Å². The van der Waals surface area contributed by atoms with Gasteiger partial charge < -0.3 is 15.1 Å². The molecule has 0 spiro atoms. The number of carbonyl (C=O) groups excluding carboxylic acids is 2. The molecule has 5 nitrogen and oxygen atoms in total. The molecule has 4 rings (SSSR count). The van der Waals surface area contributed by atoms with E-state index in [2.05, 4.69) is 5.32 Å². The molecule has 1 aliphatic heterocycles. The lowest BCUT2D eigenvalue weighted by atomic mass is 10.0. The molecule has 1 N–H and O–H groups in total. The van der Waals surface area contributed by atoms with Gasteiger partial charge in [-0.05, 0) is 49.3 Å². The molecule has 1 heterocycles. The second-order valence-corrected chi connectivity index (χ2v) is 7.06. The van der Waals surface area contributed by atoms with Crippen molar-refractivity contribution in [3.8, 4) is 0 Å². The number of nitrogens with zero attached hydrogens (tertiary/aromatic N) is 2. The Labute approximate surface area is 140 Å². The highest BCUT2D eigenvalue weighted by Crippen LogP contribution is 2.41. The Kier molecular flexibility index (Phi) is 3.90. The summed E-state index contributed by atoms with van der Waals surface area (Å²) < 4.78 is 13.1. The van der Waals surface area contributed by atoms with Crippen LogP contribution in [0.5, 0.6) is 0 Å². The van der Waals surface area contributed by atoms with Crippen LogP contribution in [0.2, 0.25) is 0 Å². The zero-order valence-corrected chi connectivity index (χ0v) is 13.6. The van der Waals surface area contributed by atoms with Crippen LogP contribution in [-0.2, 0) is 4.79 Å². The van der Waals surface area contributed by atoms with E-state index in [1.807, 2.05) is 4.90 Å². The van der Waals surface area contributed by atoms with Crippen molar-refractivity contribution in [2.75, 3.05) is 19.6 Å². The molecule has 1 atom stereocenters. The number of nitrogens with one attached hydrogen (secondary N) is 1. The summed E-state index contributed by atoms with van der Waals surface area (Å²) in [4.78, 5) is 28.3. The van der Waals surface area contributed by atoms with Gasteiger partial charge >= 0.3 is 6.03 Å². The molecule has 0 aromatic heterocycles. The van der Waals surface area contributed by atoms with E-state index in [1.165, 1.54) is 12.1 Å². The number of benzene rings is 1. The molecular formula is C18H22FN3O2. The smallest absolute Gasteiger partial charge is 0.318 e. The zero-order valence-electron chi connectivity index (χ0n) is 13.6. The third-order valence-electron chi connectivity index (χ3n) is 5.13. The molecule has 1 unspecified atom stereocenters. The summed E-state index contributed by atoms with van der Waals surface area (Å²) >= 11 is 0. The standard InChI is InChI=1S/C18H22FN3O2/c19-14-5-3-13(4-6-14)17(12-1-2-12)20-18(24)21-9-10-22(15-7-8-15)16(23)11-21/h3-6,12,15,17H,1-2,7-11H2,(H,20,24). The fraction of sp³-hybridized carbons (Fsp3) is 0.556. The molecule has 3 aliphatic rings. The first kappa shape index (κ1) is 15.4. The SMILES string of the molecule is O=C(NC(c1ccc(F)cc1)C1CC1)N1CCN(C2CC2)C(=O)C1. The molecule has 128 valence electrons. The van der Waals surface area contributed by atoms with Gasteiger partial charge in [-0.1, -0.05) is 12.1 Å². The van der Waals surface area contributed by atoms with E-state index in [9.17, 15) is 14.0 Å². The minimum atomic E-state index is -0.276. The first-order valence-electron chi connectivity index (χ1n) is 8.72. The summed E-state index contributed by atoms with van der Waals surface area (Å²) in [5.41, 5.74) is 0.926. The van der Waals surface area contributed by atoms with Gasteiger partial charge in [0.15, 0.2) is 0 Å². The van der Waals surface area contributed by atoms with Crippen LogP contribution in [0.15, 0.2) is 24.3 Å². The predicted molar refractivity (Wildman–Crippen MR) is 86.7 cm³/mol. The molecule has 3 fully saturated rings. The largest absolute Gasteiger partial charge is 0.336 e. The van der Waals surface area contributed by atoms with Crippen LogP contribution in [0.4, 0.5) is 9.18 Å². The average molecular weight is 331 g/mol. The summed E-state index contributed by atoms with van der Waals surface area (Å²) in [7, 11) is 0. The number of carbonyl (C=O) groups is 2. The predicted octanol–water partition coefficient (Wildman–Crippen LogP) is 2.29. The van der Waals surface area contributed by atoms with Crippen LogP contribution in [-0.4, -0.2) is 47.4 Å². The monoisotopic (exact) mass is 331 g/mol. The van der Waals surface area contributed by atoms with E-state index < -0.39 is 0 Å². The average Bonchev–Trinajstić information content (AvgIpc) is 3.47. The summed E-state index contributed by atoms with van der Waals surface area (Å²) in [6.07, 6.45) is 4.31. The number of hydrogen-bond acceptors (Lipinski definition) is 2. The van der Waals surface area contributed by atoms with Gasteiger partial charge in [0.2, 0.25) is 5.91 Å². The van der Waals surface area contributed by atoms with Crippen molar-refractivity contribution in [1.29, 1.82) is 0 Å². The topological polar surface area (TPSA) is 52.7 Å². The Morgan fingerprint density at radius 3 is 2.42 bits per heavy atom. The first-order chi connectivity index (χ1) is 11.6. The van der Waals surface area contributed by atoms with Gasteiger partial charge in [0.05, 0.1) is 6.04 Å². The third-order valence-corrected chi connectivity index (χ3v) is 5.13. The number of piperazine rings is 1. The second kappa shape index (κ2) is 6.07. The molecule has 1 saturated heterocycles. The molecule has 2 aliphatic carbocycles. The Hall–Kier alpha value is -2.11. The highest BCUT2D eigenvalue weighted by atomic mass is 19.1. The molecule has 1 aromatic carbocycles. The lowest BCUT2D eigenvalue weighted by molar-refractivity contribution is -0.135. The number of amides is 3. The maximum Gasteiger partial charge on any atom is 0.318 e. The Morgan fingerprint density at radius 2 is 1.83 bits per heavy atom. The van der Waals surface area contributed by atoms with E-state index in [1.54, 1.807) is 17.0 Å². The van der Waals surface area contributed by atoms with Crippen molar-refractivity contribution in [2.45, 2.75) is 37.8 Å². The maximum atomic E-state index is 13.1. The van der Waals surface area contributed by atoms with Crippen LogP contribution in [0, 0.1) is 11.7 Å². The quantitative estimate of drug-likeness (QED) is 0.920. The molecule has 1 aromatic rings. The van der Waals surface area contributed by atoms with Crippen molar-refractivity contribution in [1.82, 2.24) is 15.1 Å². The van der Waals surface area contributed by atoms with Gasteiger partial charge in [0.1, 0.15) is 12.4 Å². The molecule has 3 amide bonds. The van der Waals surface area contributed by atoms with Crippen molar-refractivity contribution in [3.05, 3.63) is 35.6 Å². The van der Waals surface area contributed by atoms with Gasteiger partial charge in [-0.15, -0.1) is 0 Å². The molecule has 0 bridgehead atoms. The summed E-state index contributed by atoms with van der Waals surface area (Å²) in [6, 6.07) is 6.42. The van der Waals surface area contributed by atoms with E-state index >= 15 is 0 Å². The van der Waals surface area contributed by atoms with Crippen LogP contribution < -0.4 is 5.32 Å². The van der Waals surface area contributed by atoms with Crippen molar-refractivity contribution in [3.63, 3.8) is 0 Å². The normalized spacial score (nSPS) is 22.5. The minimum Gasteiger partial charge on any atom is -0.336 e. The van der Waals surface area contributed by atoms with E-state index in [-0.39, 0.29) is 30.3 Å². The first-order valence-corrected chi connectivity index (χ1v) is 8.72. The molecule has 0 radical (unpaired) electrons. The lowest BCUT2D eigenvalue weighted by Crippen LogP contribution is -2.55. The molecule has 6 heteroatoms. The van der Waals surface area contributed by atoms with Crippen LogP contribution in [0.3, 0.4) is 0 Å². The van der Waals surface area contributed by atoms with Crippen LogP contribution >= 0.6 is 0 Å². The minimum absolute atomic E-state index is 0.0451. The van der Waals surface area contributed by atoms with Gasteiger partial charge in [-0.2, -0.15) is 0 Å². The van der Waals surface area contributed by atoms with Crippen molar-refractivity contribution < 1.29 is 14.0 Å². The lowest BCUT2D eigenvalue weighted by Gasteiger charge is -2.35. The van der Waals surface area contributed by atoms with Crippen LogP contribution in [0.1, 0.15) is 37.3 Å². The third kappa shape index (κ3) is 3.23. The highest BCUT2D eigenvalue weighted by Gasteiger charge is 2.38. The second-order valence-electron chi connectivity index (χ2n) is 7.06. The summed E-state index contributed by atoms with van der Waals surface area (Å²) in [5, 5.41) is 3.06. The Morgan fingerprint density at radius 1 is 1.12 bits per heavy atom. The number of rotatable bonds is 4. The molecule has 2 saturated carbocycles. The summed E-state index contributed by atoms with van der Waals surface area (Å²) in [6.45, 7) is 1.36. The van der Waals surface area contributed by atoms with Gasteiger partial charge in [-0.3, -0.25) is 4.79 Å². The number of urea groups is 1. The molecular weight excluding hydrogens is 309 g/mol. The fourth-order valence-corrected chi connectivity index (χ4v) is 3.43. The van der Waals surface area contributed by atoms with E-state index in [0.717, 1.165) is 31.2 Å². The number of hydrogen-bond donors (Lipinski definition) is 1. The fourth-order valence-electron chi connectivity index (χ4n) is 3.43. The van der Waals surface area contributed by atoms with E-state index in [0.29, 0.717) is 25.0 Å². The maximum absolute atomic E-state index is 13.1. The Balaban J connectivity index is 1.40. The van der Waals surface area contributed by atoms with Gasteiger partial charge in [-0.25, -0.2) is 9.18 Å². The van der Waals surface area contributed by atoms with Gasteiger partial charge in [0, 0.05) is 19.1 Å². The molecule has 24 heavy (non-hydrogen) atoms. The van der Waals surface area contributed by atoms with Crippen LogP contribution in [0.25, 0.3) is 0 Å². The summed E-state index contributed by atoms with van der Waals surface area (Å²) in [5.74, 6) is 0.174. The highest BCUT2D eigenvalue weighted by molar-refractivity contribution is 5.85.